The molecule has 0 N–H and O–H groups in total. The second-order valence-corrected chi connectivity index (χ2v) is 19.6. The molecule has 0 aromatic rings. The Morgan fingerprint density at radius 2 is 0.544 bits per heavy atom. The smallest absolute Gasteiger partial charge is 0.306 e. The maximum absolute atomic E-state index is 12.8. The highest BCUT2D eigenvalue weighted by atomic mass is 16.6. The molecule has 1 atom stereocenters. The number of allylic oxidation sites excluding steroid dienone is 10. The molecular weight excluding hydrogens is 841 g/mol. The lowest BCUT2D eigenvalue weighted by atomic mass is 10.0. The number of ether oxygens (including phenoxy) is 3. The molecule has 0 heterocycles. The van der Waals surface area contributed by atoms with Gasteiger partial charge in [-0.2, -0.15) is 0 Å². The molecule has 0 spiro atoms. The van der Waals surface area contributed by atoms with Gasteiger partial charge in [0.2, 0.25) is 0 Å². The molecule has 0 fully saturated rings. The normalized spacial score (nSPS) is 12.5. The number of carbonyl (C=O) groups excluding carboxylic acids is 3. The van der Waals surface area contributed by atoms with Crippen molar-refractivity contribution in [1.29, 1.82) is 0 Å². The van der Waals surface area contributed by atoms with Crippen molar-refractivity contribution in [2.45, 2.75) is 303 Å². The highest BCUT2D eigenvalue weighted by Gasteiger charge is 2.19. The molecule has 0 bridgehead atoms. The summed E-state index contributed by atoms with van der Waals surface area (Å²) in [6, 6.07) is 0. The predicted octanol–water partition coefficient (Wildman–Crippen LogP) is 19.6. The van der Waals surface area contributed by atoms with Crippen LogP contribution in [-0.4, -0.2) is 37.2 Å². The second kappa shape index (κ2) is 56.7. The summed E-state index contributed by atoms with van der Waals surface area (Å²) >= 11 is 0. The Bertz CT molecular complexity index is 1230. The molecular formula is C62H110O6. The van der Waals surface area contributed by atoms with Crippen LogP contribution in [0.4, 0.5) is 0 Å². The van der Waals surface area contributed by atoms with Crippen LogP contribution in [0.1, 0.15) is 297 Å². The first-order chi connectivity index (χ1) is 33.5. The van der Waals surface area contributed by atoms with E-state index in [1.54, 1.807) is 0 Å². The molecule has 6 heteroatoms. The molecule has 0 rings (SSSR count). The Kier molecular flexibility index (Phi) is 54.3. The molecule has 0 saturated heterocycles. The lowest BCUT2D eigenvalue weighted by molar-refractivity contribution is -0.167. The first-order valence-corrected chi connectivity index (χ1v) is 29.3. The maximum Gasteiger partial charge on any atom is 0.306 e. The monoisotopic (exact) mass is 951 g/mol. The lowest BCUT2D eigenvalue weighted by Gasteiger charge is -2.18. The van der Waals surface area contributed by atoms with Crippen LogP contribution >= 0.6 is 0 Å². The number of rotatable bonds is 53. The molecule has 0 aliphatic heterocycles. The number of esters is 3. The van der Waals surface area contributed by atoms with Gasteiger partial charge in [0.15, 0.2) is 6.10 Å². The molecule has 0 aromatic heterocycles. The van der Waals surface area contributed by atoms with E-state index in [2.05, 4.69) is 81.5 Å². The summed E-state index contributed by atoms with van der Waals surface area (Å²) in [7, 11) is 0. The third-order valence-corrected chi connectivity index (χ3v) is 12.7. The number of hydrogen-bond acceptors (Lipinski definition) is 6. The summed E-state index contributed by atoms with van der Waals surface area (Å²) in [5.41, 5.74) is 0. The molecule has 0 radical (unpaired) electrons. The van der Waals surface area contributed by atoms with Crippen molar-refractivity contribution in [3.63, 3.8) is 0 Å². The quantitative estimate of drug-likeness (QED) is 0.0262. The third kappa shape index (κ3) is 54.1. The Balaban J connectivity index is 4.42. The number of unbranched alkanes of at least 4 members (excludes halogenated alkanes) is 32. The minimum atomic E-state index is -0.801. The average molecular weight is 952 g/mol. The zero-order chi connectivity index (χ0) is 49.3. The number of carbonyl (C=O) groups is 3. The van der Waals surface area contributed by atoms with E-state index in [1.165, 1.54) is 186 Å². The van der Waals surface area contributed by atoms with Crippen LogP contribution in [0.2, 0.25) is 0 Å². The molecule has 68 heavy (non-hydrogen) atoms. The highest BCUT2D eigenvalue weighted by Crippen LogP contribution is 2.16. The summed E-state index contributed by atoms with van der Waals surface area (Å²) in [6.07, 6.45) is 70.7. The summed E-state index contributed by atoms with van der Waals surface area (Å²) < 4.78 is 16.8. The molecule has 0 unspecified atom stereocenters. The van der Waals surface area contributed by atoms with E-state index in [0.717, 1.165) is 64.2 Å². The van der Waals surface area contributed by atoms with Gasteiger partial charge >= 0.3 is 17.9 Å². The fourth-order valence-electron chi connectivity index (χ4n) is 8.31. The van der Waals surface area contributed by atoms with Gasteiger partial charge in [-0.1, -0.05) is 255 Å². The van der Waals surface area contributed by atoms with Crippen LogP contribution in [-0.2, 0) is 28.6 Å². The van der Waals surface area contributed by atoms with E-state index in [0.29, 0.717) is 19.3 Å². The van der Waals surface area contributed by atoms with Crippen molar-refractivity contribution < 1.29 is 28.6 Å². The van der Waals surface area contributed by atoms with Crippen LogP contribution < -0.4 is 0 Å². The predicted molar refractivity (Wildman–Crippen MR) is 293 cm³/mol. The van der Waals surface area contributed by atoms with Gasteiger partial charge in [-0.25, -0.2) is 0 Å². The van der Waals surface area contributed by atoms with Gasteiger partial charge in [-0.3, -0.25) is 14.4 Å². The van der Waals surface area contributed by atoms with Gasteiger partial charge in [0.25, 0.3) is 0 Å². The topological polar surface area (TPSA) is 78.9 Å². The fraction of sp³-hybridized carbons (Fsp3) is 0.790. The summed E-state index contributed by atoms with van der Waals surface area (Å²) in [5, 5.41) is 0. The van der Waals surface area contributed by atoms with Gasteiger partial charge in [0, 0.05) is 19.3 Å². The Morgan fingerprint density at radius 3 is 0.912 bits per heavy atom. The molecule has 0 saturated carbocycles. The summed E-state index contributed by atoms with van der Waals surface area (Å²) in [5.74, 6) is -0.940. The van der Waals surface area contributed by atoms with Gasteiger partial charge in [-0.15, -0.1) is 0 Å². The molecule has 0 amide bonds. The maximum atomic E-state index is 12.8. The largest absolute Gasteiger partial charge is 0.462 e. The van der Waals surface area contributed by atoms with Crippen LogP contribution in [0.5, 0.6) is 0 Å². The van der Waals surface area contributed by atoms with E-state index in [9.17, 15) is 14.4 Å². The van der Waals surface area contributed by atoms with Crippen molar-refractivity contribution in [3.8, 4) is 0 Å². The van der Waals surface area contributed by atoms with Gasteiger partial charge in [-0.05, 0) is 83.5 Å². The fourth-order valence-corrected chi connectivity index (χ4v) is 8.31. The average Bonchev–Trinajstić information content (AvgIpc) is 3.34. The van der Waals surface area contributed by atoms with Crippen molar-refractivity contribution in [2.75, 3.05) is 13.2 Å². The van der Waals surface area contributed by atoms with Crippen molar-refractivity contribution >= 4 is 17.9 Å². The van der Waals surface area contributed by atoms with Crippen LogP contribution in [0.15, 0.2) is 60.8 Å². The minimum absolute atomic E-state index is 0.0937. The van der Waals surface area contributed by atoms with Crippen molar-refractivity contribution in [2.24, 2.45) is 0 Å². The molecule has 394 valence electrons. The molecule has 0 aromatic carbocycles. The number of hydrogen-bond donors (Lipinski definition) is 0. The Labute approximate surface area is 421 Å². The third-order valence-electron chi connectivity index (χ3n) is 12.7. The van der Waals surface area contributed by atoms with Crippen molar-refractivity contribution in [3.05, 3.63) is 60.8 Å². The zero-order valence-electron chi connectivity index (χ0n) is 45.1. The summed E-state index contributed by atoms with van der Waals surface area (Å²) in [6.45, 7) is 6.59. The first kappa shape index (κ1) is 65.1. The highest BCUT2D eigenvalue weighted by molar-refractivity contribution is 5.71. The van der Waals surface area contributed by atoms with Gasteiger partial charge in [0.1, 0.15) is 13.2 Å². The van der Waals surface area contributed by atoms with Crippen LogP contribution in [0, 0.1) is 0 Å². The van der Waals surface area contributed by atoms with E-state index in [1.807, 2.05) is 0 Å². The first-order valence-electron chi connectivity index (χ1n) is 29.3. The summed E-state index contributed by atoms with van der Waals surface area (Å²) in [4.78, 5) is 38.1. The molecule has 6 nitrogen and oxygen atoms in total. The van der Waals surface area contributed by atoms with Gasteiger partial charge in [0.05, 0.1) is 0 Å². The van der Waals surface area contributed by atoms with Gasteiger partial charge < -0.3 is 14.2 Å². The van der Waals surface area contributed by atoms with Crippen LogP contribution in [0.25, 0.3) is 0 Å². The lowest BCUT2D eigenvalue weighted by Crippen LogP contribution is -2.30. The minimum Gasteiger partial charge on any atom is -0.462 e. The van der Waals surface area contributed by atoms with E-state index < -0.39 is 6.10 Å². The standard InChI is InChI=1S/C62H110O6/c1-4-7-10-13-16-19-22-25-28-30-31-33-34-37-40-43-46-49-52-55-61(64)67-58-59(57-66-60(63)54-51-48-45-42-39-36-27-24-21-18-15-12-9-6-3)68-62(65)56-53-50-47-44-41-38-35-32-29-26-23-20-17-14-11-8-5-2/h17,20,25-26,28-29,35,38,44,47,59H,4-16,18-19,21-24,27,30-34,36-37,39-43,45-46,48-58H2,1-3H3/b20-17-,28-25-,29-26-,38-35-,47-44-/t59-/m1/s1. The second-order valence-electron chi connectivity index (χ2n) is 19.6. The van der Waals surface area contributed by atoms with E-state index in [-0.39, 0.29) is 37.5 Å². The van der Waals surface area contributed by atoms with Crippen molar-refractivity contribution in [1.82, 2.24) is 0 Å². The van der Waals surface area contributed by atoms with E-state index >= 15 is 0 Å². The Hall–Kier alpha value is -2.89. The van der Waals surface area contributed by atoms with Crippen LogP contribution in [0.3, 0.4) is 0 Å². The van der Waals surface area contributed by atoms with E-state index in [4.69, 9.17) is 14.2 Å². The molecule has 0 aliphatic rings. The molecule has 0 aliphatic carbocycles. The SMILES string of the molecule is CCCCC/C=C\C/C=C\C/C=C\C/C=C\CCCC(=O)O[C@@H](COC(=O)CCCCCCCCCCC/C=C\CCCCCCCC)COC(=O)CCCCCCCCCCCCCCCC. The zero-order valence-corrected chi connectivity index (χ0v) is 45.1. The Morgan fingerprint density at radius 1 is 0.294 bits per heavy atom.